The summed E-state index contributed by atoms with van der Waals surface area (Å²) in [4.78, 5) is 19.0. The summed E-state index contributed by atoms with van der Waals surface area (Å²) in [7, 11) is 0. The molecule has 7 heteroatoms. The standard InChI is InChI=1S/C75H70N6O/c1-71(2,3)48-39-56-57-40-49(72(4,5)6)42-61(74(10,11)12)68(57)75(67(56)60(41-48)73(7,8)9)58-29-27-51(82-50-26-28-55-54-19-13-14-23-62(54)81(64(55)43-50)66-25-15-16-34-78-66)44-65(58)80-45-79(63-24-18-22-59(75)70(63)80)69-52(46-30-35-76-36-31-46)20-17-21-53(69)47-32-37-77-38-33-47/h13-44H,45H2,1-12H3. The number of rotatable bonds is 6. The topological polar surface area (TPSA) is 59.3 Å². The third kappa shape index (κ3) is 7.79. The Bertz CT molecular complexity index is 4240. The summed E-state index contributed by atoms with van der Waals surface area (Å²) in [6, 6.07) is 60.8. The number of pyridine rings is 3. The van der Waals surface area contributed by atoms with Gasteiger partial charge in [-0.2, -0.15) is 0 Å². The Morgan fingerprint density at radius 2 is 0.963 bits per heavy atom. The van der Waals surface area contributed by atoms with Gasteiger partial charge in [0.15, 0.2) is 0 Å². The highest BCUT2D eigenvalue weighted by molar-refractivity contribution is 6.10. The normalized spacial score (nSPS) is 14.3. The number of benzene rings is 7. The zero-order valence-electron chi connectivity index (χ0n) is 49.3. The van der Waals surface area contributed by atoms with Gasteiger partial charge in [-0.1, -0.05) is 168 Å². The molecule has 6 heterocycles. The van der Waals surface area contributed by atoms with Gasteiger partial charge in [-0.3, -0.25) is 14.5 Å². The molecule has 0 saturated heterocycles. The van der Waals surface area contributed by atoms with Gasteiger partial charge in [-0.25, -0.2) is 4.98 Å². The lowest BCUT2D eigenvalue weighted by Crippen LogP contribution is -2.40. The molecule has 4 aromatic heterocycles. The lowest BCUT2D eigenvalue weighted by atomic mass is 9.59. The number of ether oxygens (including phenoxy) is 1. The molecular weight excluding hydrogens is 1000 g/mol. The van der Waals surface area contributed by atoms with E-state index in [0.717, 1.165) is 73.1 Å². The van der Waals surface area contributed by atoms with Crippen LogP contribution in [0.15, 0.2) is 195 Å². The number of fused-ring (bicyclic) bond motifs is 12. The average Bonchev–Trinajstić information content (AvgIpc) is 1.51. The number of para-hydroxylation sites is 3. The average molecular weight is 1070 g/mol. The Labute approximate surface area is 483 Å². The van der Waals surface area contributed by atoms with Crippen LogP contribution in [0.4, 0.5) is 22.7 Å². The van der Waals surface area contributed by atoms with Crippen LogP contribution in [0.1, 0.15) is 128 Å². The third-order valence-electron chi connectivity index (χ3n) is 17.6. The molecule has 7 aromatic carbocycles. The van der Waals surface area contributed by atoms with Crippen LogP contribution in [0, 0.1) is 0 Å². The zero-order valence-corrected chi connectivity index (χ0v) is 49.3. The van der Waals surface area contributed by atoms with E-state index in [-0.39, 0.29) is 21.7 Å². The van der Waals surface area contributed by atoms with Crippen molar-refractivity contribution in [2.24, 2.45) is 0 Å². The van der Waals surface area contributed by atoms with E-state index in [4.69, 9.17) is 9.72 Å². The molecule has 0 bridgehead atoms. The van der Waals surface area contributed by atoms with Crippen LogP contribution in [-0.2, 0) is 27.1 Å². The molecule has 2 aliphatic heterocycles. The van der Waals surface area contributed by atoms with Crippen LogP contribution >= 0.6 is 0 Å². The van der Waals surface area contributed by atoms with Gasteiger partial charge in [0.1, 0.15) is 24.0 Å². The Balaban J connectivity index is 1.09. The summed E-state index contributed by atoms with van der Waals surface area (Å²) in [5, 5.41) is 2.32. The second-order valence-corrected chi connectivity index (χ2v) is 27.0. The van der Waals surface area contributed by atoms with E-state index < -0.39 is 5.41 Å². The highest BCUT2D eigenvalue weighted by Crippen LogP contribution is 2.69. The number of hydrogen-bond acceptors (Lipinski definition) is 6. The Hall–Kier alpha value is -8.81. The molecule has 0 unspecified atom stereocenters. The molecule has 0 fully saturated rings. The minimum Gasteiger partial charge on any atom is -0.457 e. The summed E-state index contributed by atoms with van der Waals surface area (Å²) in [5.74, 6) is 2.38. The summed E-state index contributed by atoms with van der Waals surface area (Å²) >= 11 is 0. The maximum atomic E-state index is 7.27. The van der Waals surface area contributed by atoms with E-state index in [2.05, 4.69) is 259 Å². The molecule has 7 nitrogen and oxygen atoms in total. The van der Waals surface area contributed by atoms with Gasteiger partial charge in [-0.15, -0.1) is 0 Å². The monoisotopic (exact) mass is 1070 g/mol. The van der Waals surface area contributed by atoms with Crippen molar-refractivity contribution in [2.75, 3.05) is 16.5 Å². The quantitative estimate of drug-likeness (QED) is 0.165. The van der Waals surface area contributed by atoms with E-state index in [1.807, 2.05) is 43.1 Å². The summed E-state index contributed by atoms with van der Waals surface area (Å²) in [6.45, 7) is 29.3. The maximum absolute atomic E-state index is 7.27. The third-order valence-corrected chi connectivity index (χ3v) is 17.6. The minimum atomic E-state index is -0.754. The van der Waals surface area contributed by atoms with Gasteiger partial charge in [0.25, 0.3) is 0 Å². The Morgan fingerprint density at radius 1 is 0.415 bits per heavy atom. The molecule has 3 aliphatic rings. The van der Waals surface area contributed by atoms with Crippen LogP contribution in [0.3, 0.4) is 0 Å². The SMILES string of the molecule is CC(C)(C)c1cc2c(c(C(C)(C)C)c1)C1(c3ccc(Oc4ccc5c6ccccc6n(-c6ccccn6)c5c4)cc3N3CN(c4c(-c5ccncc5)cccc4-c4ccncc4)c4cccc1c43)c1c-2cc(C(C)(C)C)cc1C(C)(C)C. The van der Waals surface area contributed by atoms with Crippen molar-refractivity contribution >= 4 is 44.6 Å². The van der Waals surface area contributed by atoms with Crippen LogP contribution in [0.2, 0.25) is 0 Å². The van der Waals surface area contributed by atoms with Gasteiger partial charge < -0.3 is 14.5 Å². The number of aromatic nitrogens is 4. The molecule has 82 heavy (non-hydrogen) atoms. The van der Waals surface area contributed by atoms with E-state index in [0.29, 0.717) is 6.67 Å². The van der Waals surface area contributed by atoms with Crippen molar-refractivity contribution < 1.29 is 4.74 Å². The fourth-order valence-electron chi connectivity index (χ4n) is 13.7. The van der Waals surface area contributed by atoms with E-state index >= 15 is 0 Å². The molecule has 0 atom stereocenters. The minimum absolute atomic E-state index is 0.106. The van der Waals surface area contributed by atoms with Crippen molar-refractivity contribution in [1.29, 1.82) is 0 Å². The number of hydrogen-bond donors (Lipinski definition) is 0. The van der Waals surface area contributed by atoms with Gasteiger partial charge in [-0.05, 0) is 155 Å². The van der Waals surface area contributed by atoms with E-state index in [1.54, 1.807) is 0 Å². The largest absolute Gasteiger partial charge is 0.457 e. The van der Waals surface area contributed by atoms with Crippen LogP contribution in [0.25, 0.3) is 61.0 Å². The molecule has 1 aliphatic carbocycles. The first kappa shape index (κ1) is 51.3. The molecule has 11 aromatic rings. The molecule has 14 rings (SSSR count). The smallest absolute Gasteiger partial charge is 0.137 e. The first-order valence-electron chi connectivity index (χ1n) is 29.0. The van der Waals surface area contributed by atoms with E-state index in [1.165, 1.54) is 66.7 Å². The molecule has 0 N–H and O–H groups in total. The molecule has 0 amide bonds. The van der Waals surface area contributed by atoms with Crippen molar-refractivity contribution in [3.05, 3.63) is 239 Å². The highest BCUT2D eigenvalue weighted by atomic mass is 16.5. The fourth-order valence-corrected chi connectivity index (χ4v) is 13.7. The van der Waals surface area contributed by atoms with Crippen LogP contribution in [-0.4, -0.2) is 26.2 Å². The summed E-state index contributed by atoms with van der Waals surface area (Å²) in [6.07, 6.45) is 9.46. The van der Waals surface area contributed by atoms with Crippen molar-refractivity contribution in [1.82, 2.24) is 19.5 Å². The Kier molecular flexibility index (Phi) is 11.3. The first-order valence-corrected chi connectivity index (χ1v) is 29.0. The van der Waals surface area contributed by atoms with Crippen molar-refractivity contribution in [3.8, 4) is 50.7 Å². The lowest BCUT2D eigenvalue weighted by molar-refractivity contribution is 0.482. The Morgan fingerprint density at radius 3 is 1.55 bits per heavy atom. The number of anilines is 4. The summed E-state index contributed by atoms with van der Waals surface area (Å²) < 4.78 is 9.52. The van der Waals surface area contributed by atoms with Crippen molar-refractivity contribution in [2.45, 2.75) is 110 Å². The molecular formula is C75H70N6O. The van der Waals surface area contributed by atoms with Gasteiger partial charge in [0, 0.05) is 65.0 Å². The first-order chi connectivity index (χ1) is 39.2. The predicted molar refractivity (Wildman–Crippen MR) is 339 cm³/mol. The van der Waals surface area contributed by atoms with Gasteiger partial charge in [0.05, 0.1) is 39.2 Å². The number of nitrogens with zero attached hydrogens (tertiary/aromatic N) is 6. The molecule has 0 radical (unpaired) electrons. The predicted octanol–water partition coefficient (Wildman–Crippen LogP) is 19.2. The molecule has 0 saturated carbocycles. The lowest BCUT2D eigenvalue weighted by Gasteiger charge is -2.46. The zero-order chi connectivity index (χ0) is 56.8. The maximum Gasteiger partial charge on any atom is 0.137 e. The highest BCUT2D eigenvalue weighted by Gasteiger charge is 2.57. The van der Waals surface area contributed by atoms with Crippen LogP contribution in [0.5, 0.6) is 11.5 Å². The fraction of sp³-hybridized carbons (Fsp3) is 0.240. The van der Waals surface area contributed by atoms with Crippen LogP contribution < -0.4 is 14.5 Å². The second-order valence-electron chi connectivity index (χ2n) is 27.0. The second kappa shape index (κ2) is 18.1. The van der Waals surface area contributed by atoms with Crippen molar-refractivity contribution in [3.63, 3.8) is 0 Å². The van der Waals surface area contributed by atoms with Gasteiger partial charge in [0.2, 0.25) is 0 Å². The summed E-state index contributed by atoms with van der Waals surface area (Å²) in [5.41, 5.74) is 23.2. The van der Waals surface area contributed by atoms with Gasteiger partial charge >= 0.3 is 0 Å². The molecule has 1 spiro atoms. The molecule has 406 valence electrons. The van der Waals surface area contributed by atoms with E-state index in [9.17, 15) is 0 Å².